The number of nitrogens with one attached hydrogen (secondary N) is 1. The fourth-order valence-corrected chi connectivity index (χ4v) is 2.52. The molecule has 82 valence electrons. The predicted molar refractivity (Wildman–Crippen MR) is 68.0 cm³/mol. The van der Waals surface area contributed by atoms with Crippen molar-refractivity contribution < 1.29 is 0 Å². The Labute approximate surface area is 99.4 Å². The predicted octanol–water partition coefficient (Wildman–Crippen LogP) is 3.13. The smallest absolute Gasteiger partial charge is 0.0487 e. The summed E-state index contributed by atoms with van der Waals surface area (Å²) < 4.78 is 1.11. The van der Waals surface area contributed by atoms with Gasteiger partial charge in [-0.15, -0.1) is 0 Å². The van der Waals surface area contributed by atoms with Crippen LogP contribution < -0.4 is 11.1 Å². The van der Waals surface area contributed by atoms with Gasteiger partial charge in [0.05, 0.1) is 0 Å². The minimum absolute atomic E-state index is 0.297. The van der Waals surface area contributed by atoms with Gasteiger partial charge in [-0.1, -0.05) is 25.0 Å². The van der Waals surface area contributed by atoms with E-state index in [1.807, 2.05) is 12.1 Å². The van der Waals surface area contributed by atoms with Crippen molar-refractivity contribution in [2.24, 2.45) is 5.73 Å². The van der Waals surface area contributed by atoms with Crippen LogP contribution in [0.25, 0.3) is 0 Å². The number of anilines is 1. The Balaban J connectivity index is 2.04. The quantitative estimate of drug-likeness (QED) is 0.865. The van der Waals surface area contributed by atoms with Crippen molar-refractivity contribution in [3.05, 3.63) is 28.7 Å². The second-order valence-corrected chi connectivity index (χ2v) is 5.03. The zero-order chi connectivity index (χ0) is 10.7. The molecule has 1 aromatic carbocycles. The number of benzene rings is 1. The molecule has 1 aliphatic carbocycles. The summed E-state index contributed by atoms with van der Waals surface area (Å²) in [7, 11) is 0. The van der Waals surface area contributed by atoms with E-state index in [0.717, 1.165) is 16.6 Å². The van der Waals surface area contributed by atoms with E-state index in [1.165, 1.54) is 19.3 Å². The number of nitrogens with two attached hydrogens (primary N) is 1. The fraction of sp³-hybridized carbons (Fsp3) is 0.500. The molecule has 3 N–H and O–H groups in total. The molecule has 0 saturated heterocycles. The molecule has 1 saturated carbocycles. The molecule has 0 aromatic heterocycles. The van der Waals surface area contributed by atoms with E-state index >= 15 is 0 Å². The first-order valence-electron chi connectivity index (χ1n) is 5.54. The van der Waals surface area contributed by atoms with E-state index in [2.05, 4.69) is 33.4 Å². The highest BCUT2D eigenvalue weighted by molar-refractivity contribution is 9.10. The Kier molecular flexibility index (Phi) is 3.65. The molecule has 1 fully saturated rings. The Morgan fingerprint density at radius 3 is 2.67 bits per heavy atom. The Bertz CT molecular complexity index is 327. The number of halogens is 1. The van der Waals surface area contributed by atoms with Crippen molar-refractivity contribution >= 4 is 21.6 Å². The second-order valence-electron chi connectivity index (χ2n) is 4.18. The SMILES string of the molecule is NC1CCCCC1Nc1ccccc1Br. The molecular weight excluding hydrogens is 252 g/mol. The Hall–Kier alpha value is -0.540. The lowest BCUT2D eigenvalue weighted by molar-refractivity contribution is 0.404. The molecule has 1 aliphatic rings. The van der Waals surface area contributed by atoms with Gasteiger partial charge in [0.2, 0.25) is 0 Å². The first-order chi connectivity index (χ1) is 7.27. The number of para-hydroxylation sites is 1. The molecule has 0 bridgehead atoms. The van der Waals surface area contributed by atoms with Gasteiger partial charge in [0, 0.05) is 22.2 Å². The summed E-state index contributed by atoms with van der Waals surface area (Å²) in [5.74, 6) is 0. The highest BCUT2D eigenvalue weighted by Gasteiger charge is 2.21. The van der Waals surface area contributed by atoms with Gasteiger partial charge in [-0.05, 0) is 40.9 Å². The minimum Gasteiger partial charge on any atom is -0.380 e. The van der Waals surface area contributed by atoms with Crippen molar-refractivity contribution in [2.45, 2.75) is 37.8 Å². The van der Waals surface area contributed by atoms with Crippen molar-refractivity contribution in [1.29, 1.82) is 0 Å². The first-order valence-corrected chi connectivity index (χ1v) is 6.33. The van der Waals surface area contributed by atoms with Crippen molar-refractivity contribution in [2.75, 3.05) is 5.32 Å². The van der Waals surface area contributed by atoms with Gasteiger partial charge in [0.15, 0.2) is 0 Å². The first kappa shape index (κ1) is 11.0. The van der Waals surface area contributed by atoms with E-state index in [0.29, 0.717) is 12.1 Å². The van der Waals surface area contributed by atoms with Gasteiger partial charge in [0.1, 0.15) is 0 Å². The van der Waals surface area contributed by atoms with Crippen LogP contribution in [0.4, 0.5) is 5.69 Å². The zero-order valence-electron chi connectivity index (χ0n) is 8.75. The summed E-state index contributed by atoms with van der Waals surface area (Å²) in [5.41, 5.74) is 7.25. The molecule has 0 heterocycles. The number of hydrogen-bond donors (Lipinski definition) is 2. The van der Waals surface area contributed by atoms with Gasteiger partial charge in [-0.3, -0.25) is 0 Å². The highest BCUT2D eigenvalue weighted by Crippen LogP contribution is 2.26. The lowest BCUT2D eigenvalue weighted by atomic mass is 9.91. The summed E-state index contributed by atoms with van der Waals surface area (Å²) in [6.07, 6.45) is 4.88. The van der Waals surface area contributed by atoms with Crippen LogP contribution in [0.3, 0.4) is 0 Å². The van der Waals surface area contributed by atoms with E-state index in [9.17, 15) is 0 Å². The normalized spacial score (nSPS) is 26.3. The zero-order valence-corrected chi connectivity index (χ0v) is 10.3. The van der Waals surface area contributed by atoms with Crippen molar-refractivity contribution in [1.82, 2.24) is 0 Å². The second kappa shape index (κ2) is 4.99. The fourth-order valence-electron chi connectivity index (χ4n) is 2.12. The third-order valence-electron chi connectivity index (χ3n) is 3.03. The van der Waals surface area contributed by atoms with Crippen LogP contribution in [0, 0.1) is 0 Å². The maximum atomic E-state index is 6.10. The third-order valence-corrected chi connectivity index (χ3v) is 3.73. The molecule has 3 heteroatoms. The van der Waals surface area contributed by atoms with Crippen LogP contribution in [-0.4, -0.2) is 12.1 Å². The Morgan fingerprint density at radius 1 is 1.20 bits per heavy atom. The molecule has 1 aromatic rings. The summed E-state index contributed by atoms with van der Waals surface area (Å²) in [5, 5.41) is 3.53. The molecule has 0 aliphatic heterocycles. The van der Waals surface area contributed by atoms with E-state index < -0.39 is 0 Å². The van der Waals surface area contributed by atoms with Crippen LogP contribution in [0.15, 0.2) is 28.7 Å². The molecule has 2 nitrogen and oxygen atoms in total. The lowest BCUT2D eigenvalue weighted by Gasteiger charge is -2.30. The van der Waals surface area contributed by atoms with Crippen LogP contribution in [-0.2, 0) is 0 Å². The highest BCUT2D eigenvalue weighted by atomic mass is 79.9. The average molecular weight is 269 g/mol. The van der Waals surface area contributed by atoms with Gasteiger partial charge in [-0.25, -0.2) is 0 Å². The van der Waals surface area contributed by atoms with Crippen LogP contribution in [0.5, 0.6) is 0 Å². The van der Waals surface area contributed by atoms with Gasteiger partial charge in [-0.2, -0.15) is 0 Å². The molecule has 2 atom stereocenters. The standard InChI is InChI=1S/C12H17BrN2/c13-9-5-1-3-7-11(9)15-12-8-4-2-6-10(12)14/h1,3,5,7,10,12,15H,2,4,6,8,14H2. The number of hydrogen-bond acceptors (Lipinski definition) is 2. The maximum Gasteiger partial charge on any atom is 0.0487 e. The van der Waals surface area contributed by atoms with Crippen molar-refractivity contribution in [3.8, 4) is 0 Å². The van der Waals surface area contributed by atoms with Crippen molar-refractivity contribution in [3.63, 3.8) is 0 Å². The lowest BCUT2D eigenvalue weighted by Crippen LogP contribution is -2.42. The van der Waals surface area contributed by atoms with E-state index in [1.54, 1.807) is 0 Å². The molecular formula is C12H17BrN2. The summed E-state index contributed by atoms with van der Waals surface area (Å²) in [4.78, 5) is 0. The molecule has 0 amide bonds. The maximum absolute atomic E-state index is 6.10. The van der Waals surface area contributed by atoms with Crippen LogP contribution >= 0.6 is 15.9 Å². The molecule has 0 radical (unpaired) electrons. The van der Waals surface area contributed by atoms with Gasteiger partial charge in [0.25, 0.3) is 0 Å². The minimum atomic E-state index is 0.297. The summed E-state index contributed by atoms with van der Waals surface area (Å²) in [6, 6.07) is 8.93. The van der Waals surface area contributed by atoms with Gasteiger partial charge < -0.3 is 11.1 Å². The molecule has 2 unspecified atom stereocenters. The molecule has 2 rings (SSSR count). The largest absolute Gasteiger partial charge is 0.380 e. The van der Waals surface area contributed by atoms with Gasteiger partial charge >= 0.3 is 0 Å². The topological polar surface area (TPSA) is 38.0 Å². The monoisotopic (exact) mass is 268 g/mol. The molecule has 15 heavy (non-hydrogen) atoms. The van der Waals surface area contributed by atoms with E-state index in [-0.39, 0.29) is 0 Å². The molecule has 0 spiro atoms. The van der Waals surface area contributed by atoms with Crippen LogP contribution in [0.1, 0.15) is 25.7 Å². The van der Waals surface area contributed by atoms with Crippen LogP contribution in [0.2, 0.25) is 0 Å². The average Bonchev–Trinajstić information content (AvgIpc) is 2.24. The summed E-state index contributed by atoms with van der Waals surface area (Å²) in [6.45, 7) is 0. The van der Waals surface area contributed by atoms with E-state index in [4.69, 9.17) is 5.73 Å². The number of rotatable bonds is 2. The third kappa shape index (κ3) is 2.73. The Morgan fingerprint density at radius 2 is 1.93 bits per heavy atom. The summed E-state index contributed by atoms with van der Waals surface area (Å²) >= 11 is 3.54.